The standard InChI is InChI=1S/C34H5F9N6O2S6/c35-9-5-8(15(36)19(40)16(9)37)23(50)25-46-31-33(54-25)48-29(56-31)27-44-10-1-6-4-13-11(2-7(6)3-12(10)52-27)45-28(53-13)30-49-34-32(57-30)47-26(55-34)24(51)14-17(38)20(41)22(43)21(42)18(14)39/h1-5H. The number of carbonyl (C=O) groups excluding carboxylic acids is 2. The van der Waals surface area contributed by atoms with Gasteiger partial charge in [-0.1, -0.05) is 45.3 Å². The molecule has 10 aromatic rings. The zero-order valence-corrected chi connectivity index (χ0v) is 31.6. The van der Waals surface area contributed by atoms with Crippen LogP contribution in [0.15, 0.2) is 30.3 Å². The van der Waals surface area contributed by atoms with Crippen molar-refractivity contribution in [2.24, 2.45) is 0 Å². The molecule has 0 fully saturated rings. The van der Waals surface area contributed by atoms with E-state index in [-0.39, 0.29) is 20.7 Å². The average molecular weight is 893 g/mol. The summed E-state index contributed by atoms with van der Waals surface area (Å²) in [6.07, 6.45) is 0. The van der Waals surface area contributed by atoms with Crippen LogP contribution in [0.25, 0.3) is 70.6 Å². The van der Waals surface area contributed by atoms with Crippen LogP contribution in [0.1, 0.15) is 30.7 Å². The van der Waals surface area contributed by atoms with Gasteiger partial charge in [-0.05, 0) is 41.1 Å². The van der Waals surface area contributed by atoms with Crippen LogP contribution in [-0.4, -0.2) is 41.5 Å². The second-order valence-corrected chi connectivity index (χ2v) is 17.7. The van der Waals surface area contributed by atoms with Crippen molar-refractivity contribution in [3.8, 4) is 20.0 Å². The van der Waals surface area contributed by atoms with Gasteiger partial charge in [0.2, 0.25) is 17.4 Å². The lowest BCUT2D eigenvalue weighted by Gasteiger charge is -2.05. The van der Waals surface area contributed by atoms with Gasteiger partial charge in [-0.15, -0.1) is 22.7 Å². The van der Waals surface area contributed by atoms with E-state index in [1.807, 2.05) is 24.3 Å². The molecule has 0 saturated heterocycles. The molecule has 8 nitrogen and oxygen atoms in total. The summed E-state index contributed by atoms with van der Waals surface area (Å²) in [4.78, 5) is 53.2. The van der Waals surface area contributed by atoms with Crippen molar-refractivity contribution in [1.82, 2.24) is 29.9 Å². The molecule has 6 heterocycles. The van der Waals surface area contributed by atoms with Crippen molar-refractivity contribution in [3.05, 3.63) is 104 Å². The van der Waals surface area contributed by atoms with Crippen LogP contribution in [0.5, 0.6) is 0 Å². The van der Waals surface area contributed by atoms with Gasteiger partial charge in [-0.3, -0.25) is 9.59 Å². The van der Waals surface area contributed by atoms with Crippen LogP contribution in [-0.2, 0) is 0 Å². The molecule has 0 radical (unpaired) electrons. The predicted octanol–water partition coefficient (Wildman–Crippen LogP) is 11.2. The number of rotatable bonds is 6. The molecular formula is C34H5F9N6O2S6. The summed E-state index contributed by atoms with van der Waals surface area (Å²) in [7, 11) is 0. The van der Waals surface area contributed by atoms with E-state index in [1.165, 1.54) is 22.7 Å². The van der Waals surface area contributed by atoms with Gasteiger partial charge >= 0.3 is 0 Å². The molecule has 0 aliphatic carbocycles. The minimum Gasteiger partial charge on any atom is -0.286 e. The Labute approximate surface area is 331 Å². The van der Waals surface area contributed by atoms with Crippen LogP contribution in [0, 0.1) is 52.4 Å². The lowest BCUT2D eigenvalue weighted by Crippen LogP contribution is -2.13. The number of benzene rings is 4. The van der Waals surface area contributed by atoms with E-state index in [9.17, 15) is 49.1 Å². The molecule has 6 aromatic heterocycles. The molecule has 0 unspecified atom stereocenters. The molecule has 0 bridgehead atoms. The number of carbonyl (C=O) groups is 2. The molecular weight excluding hydrogens is 888 g/mol. The van der Waals surface area contributed by atoms with Crippen molar-refractivity contribution in [3.63, 3.8) is 0 Å². The maximum Gasteiger partial charge on any atom is 0.227 e. The average Bonchev–Trinajstić information content (AvgIpc) is 4.03. The quantitative estimate of drug-likeness (QED) is 0.0702. The molecule has 0 amide bonds. The van der Waals surface area contributed by atoms with Gasteiger partial charge in [0.15, 0.2) is 95.9 Å². The van der Waals surface area contributed by atoms with E-state index in [4.69, 9.17) is 9.97 Å². The van der Waals surface area contributed by atoms with Crippen molar-refractivity contribution in [2.45, 2.75) is 0 Å². The largest absolute Gasteiger partial charge is 0.286 e. The van der Waals surface area contributed by atoms with Gasteiger partial charge in [-0.25, -0.2) is 69.4 Å². The fourth-order valence-corrected chi connectivity index (χ4v) is 11.7. The van der Waals surface area contributed by atoms with Gasteiger partial charge in [0.05, 0.1) is 26.0 Å². The minimum absolute atomic E-state index is 0.201. The highest BCUT2D eigenvalue weighted by Crippen LogP contribution is 2.42. The molecule has 0 aliphatic rings. The number of halogens is 9. The Morgan fingerprint density at radius 1 is 0.404 bits per heavy atom. The SMILES string of the molecule is O=C(c1nc2sc(-c3nc4cc5cc6sc(-c7nc8sc(C(=O)c9c(F)c(F)c(F)c(F)c9F)nc8s7)nc6cc5cc4s3)nc2s1)c1cc(F)c(F)c(F)c1F. The highest BCUT2D eigenvalue weighted by Gasteiger charge is 2.32. The van der Waals surface area contributed by atoms with Crippen molar-refractivity contribution in [1.29, 1.82) is 0 Å². The molecule has 10 rings (SSSR count). The summed E-state index contributed by atoms with van der Waals surface area (Å²) in [5.74, 6) is -21.6. The normalized spacial score (nSPS) is 12.1. The van der Waals surface area contributed by atoms with E-state index in [2.05, 4.69) is 19.9 Å². The second kappa shape index (κ2) is 12.8. The first kappa shape index (κ1) is 36.0. The summed E-state index contributed by atoms with van der Waals surface area (Å²) < 4.78 is 126. The summed E-state index contributed by atoms with van der Waals surface area (Å²) in [5, 5.41) is 2.86. The molecule has 57 heavy (non-hydrogen) atoms. The fourth-order valence-electron chi connectivity index (χ4n) is 5.70. The van der Waals surface area contributed by atoms with Crippen LogP contribution in [0.2, 0.25) is 0 Å². The number of ketones is 2. The Kier molecular flexibility index (Phi) is 8.12. The highest BCUT2D eigenvalue weighted by molar-refractivity contribution is 7.32. The maximum absolute atomic E-state index is 14.3. The predicted molar refractivity (Wildman–Crippen MR) is 198 cm³/mol. The second-order valence-electron chi connectivity index (χ2n) is 11.8. The van der Waals surface area contributed by atoms with Gasteiger partial charge in [0.1, 0.15) is 5.56 Å². The Balaban J connectivity index is 0.922. The van der Waals surface area contributed by atoms with Crippen LogP contribution >= 0.6 is 68.0 Å². The molecule has 0 atom stereocenters. The number of hydrogen-bond donors (Lipinski definition) is 0. The minimum atomic E-state index is -2.38. The van der Waals surface area contributed by atoms with Gasteiger partial charge in [0.25, 0.3) is 0 Å². The Hall–Kier alpha value is -5.33. The van der Waals surface area contributed by atoms with E-state index < -0.39 is 80.1 Å². The molecule has 0 N–H and O–H groups in total. The summed E-state index contributed by atoms with van der Waals surface area (Å²) in [6, 6.07) is 7.89. The maximum atomic E-state index is 14.3. The molecule has 4 aromatic carbocycles. The summed E-state index contributed by atoms with van der Waals surface area (Å²) in [5.41, 5.74) is -1.30. The first-order chi connectivity index (χ1) is 27.2. The Morgan fingerprint density at radius 3 is 1.32 bits per heavy atom. The first-order valence-electron chi connectivity index (χ1n) is 15.4. The number of fused-ring (bicyclic) bond motifs is 5. The van der Waals surface area contributed by atoms with Crippen molar-refractivity contribution in [2.75, 3.05) is 0 Å². The van der Waals surface area contributed by atoms with Crippen molar-refractivity contribution < 1.29 is 49.1 Å². The van der Waals surface area contributed by atoms with Gasteiger partial charge in [-0.2, -0.15) is 0 Å². The molecule has 23 heteroatoms. The van der Waals surface area contributed by atoms with Crippen LogP contribution in [0.4, 0.5) is 39.5 Å². The van der Waals surface area contributed by atoms with Crippen LogP contribution < -0.4 is 0 Å². The monoisotopic (exact) mass is 892 g/mol. The molecule has 0 spiro atoms. The van der Waals surface area contributed by atoms with E-state index in [0.717, 1.165) is 54.2 Å². The third-order valence-electron chi connectivity index (χ3n) is 8.34. The van der Waals surface area contributed by atoms with Gasteiger partial charge < -0.3 is 0 Å². The molecule has 0 saturated carbocycles. The zero-order valence-electron chi connectivity index (χ0n) is 26.7. The van der Waals surface area contributed by atoms with E-state index in [1.54, 1.807) is 0 Å². The zero-order chi connectivity index (χ0) is 39.8. The Bertz CT molecular complexity index is 3280. The van der Waals surface area contributed by atoms with E-state index in [0.29, 0.717) is 52.1 Å². The first-order valence-corrected chi connectivity index (χ1v) is 20.3. The lowest BCUT2D eigenvalue weighted by atomic mass is 10.1. The number of nitrogens with zero attached hydrogens (tertiary/aromatic N) is 6. The number of thiazole rings is 6. The van der Waals surface area contributed by atoms with E-state index >= 15 is 0 Å². The Morgan fingerprint density at radius 2 is 0.825 bits per heavy atom. The third-order valence-corrected chi connectivity index (χ3v) is 14.7. The smallest absolute Gasteiger partial charge is 0.227 e. The van der Waals surface area contributed by atoms with Crippen molar-refractivity contribution >= 4 is 130 Å². The molecule has 0 aliphatic heterocycles. The number of aromatic nitrogens is 6. The van der Waals surface area contributed by atoms with Crippen LogP contribution in [0.3, 0.4) is 0 Å². The molecule has 282 valence electrons. The third kappa shape index (κ3) is 5.58. The van der Waals surface area contributed by atoms with Gasteiger partial charge in [0, 0.05) is 0 Å². The fraction of sp³-hybridized carbons (Fsp3) is 0. The summed E-state index contributed by atoms with van der Waals surface area (Å²) >= 11 is 6.20. The summed E-state index contributed by atoms with van der Waals surface area (Å²) in [6.45, 7) is 0. The highest BCUT2D eigenvalue weighted by atomic mass is 32.1. The lowest BCUT2D eigenvalue weighted by molar-refractivity contribution is 0.102. The number of hydrogen-bond acceptors (Lipinski definition) is 14. The topological polar surface area (TPSA) is 111 Å².